The predicted octanol–water partition coefficient (Wildman–Crippen LogP) is 3.65. The summed E-state index contributed by atoms with van der Waals surface area (Å²) in [6.45, 7) is 0. The van der Waals surface area contributed by atoms with Gasteiger partial charge >= 0.3 is 0 Å². The monoisotopic (exact) mass is 398 g/mol. The minimum absolute atomic E-state index is 0.00541. The van der Waals surface area contributed by atoms with Gasteiger partial charge in [-0.15, -0.1) is 11.8 Å². The van der Waals surface area contributed by atoms with Gasteiger partial charge in [-0.05, 0) is 42.5 Å². The third kappa shape index (κ3) is 3.58. The molecule has 1 atom stereocenters. The van der Waals surface area contributed by atoms with Gasteiger partial charge < -0.3 is 15.0 Å². The molecule has 3 aromatic rings. The highest BCUT2D eigenvalue weighted by Crippen LogP contribution is 2.40. The van der Waals surface area contributed by atoms with Crippen molar-refractivity contribution in [2.24, 2.45) is 0 Å². The van der Waals surface area contributed by atoms with Crippen molar-refractivity contribution in [2.75, 3.05) is 18.2 Å². The number of nitrogens with zero attached hydrogens (tertiary/aromatic N) is 1. The molecule has 0 unspecified atom stereocenters. The Bertz CT molecular complexity index is 987. The van der Waals surface area contributed by atoms with E-state index in [1.54, 1.807) is 23.9 Å². The first kappa shape index (κ1) is 17.7. The number of amides is 1. The van der Waals surface area contributed by atoms with E-state index in [0.717, 1.165) is 27.9 Å². The number of nitrogens with one attached hydrogen (secondary N) is 3. The molecule has 8 heteroatoms. The molecule has 4 rings (SSSR count). The van der Waals surface area contributed by atoms with Gasteiger partial charge in [-0.25, -0.2) is 5.01 Å². The van der Waals surface area contributed by atoms with Crippen LogP contribution in [0.4, 0.5) is 5.69 Å². The van der Waals surface area contributed by atoms with Crippen molar-refractivity contribution in [1.82, 2.24) is 15.4 Å². The quantitative estimate of drug-likeness (QED) is 0.583. The van der Waals surface area contributed by atoms with Crippen molar-refractivity contribution in [3.63, 3.8) is 0 Å². The molecule has 0 spiro atoms. The SMILES string of the molecule is COc1ccc(NC(=S)NN2C(=O)CS[C@H]2c2c[nH]c3ccccc23)cc1. The second kappa shape index (κ2) is 7.50. The second-order valence-corrected chi connectivity index (χ2v) is 7.49. The Morgan fingerprint density at radius 3 is 2.81 bits per heavy atom. The van der Waals surface area contributed by atoms with E-state index >= 15 is 0 Å². The Kier molecular flexibility index (Phi) is 4.91. The van der Waals surface area contributed by atoms with Crippen LogP contribution in [0.25, 0.3) is 10.9 Å². The van der Waals surface area contributed by atoms with E-state index in [1.807, 2.05) is 48.7 Å². The standard InChI is InChI=1S/C19H18N4O2S2/c1-25-13-8-6-12(7-9-13)21-19(26)22-23-17(24)11-27-18(23)15-10-20-16-5-3-2-4-14(15)16/h2-10,18,20H,11H2,1H3,(H2,21,22,26)/t18-/m0/s1. The molecule has 0 radical (unpaired) electrons. The molecule has 138 valence electrons. The fourth-order valence-corrected chi connectivity index (χ4v) is 4.37. The summed E-state index contributed by atoms with van der Waals surface area (Å²) in [5.41, 5.74) is 5.97. The van der Waals surface area contributed by atoms with Crippen molar-refractivity contribution < 1.29 is 9.53 Å². The molecular formula is C19H18N4O2S2. The highest BCUT2D eigenvalue weighted by Gasteiger charge is 2.35. The fraction of sp³-hybridized carbons (Fsp3) is 0.158. The van der Waals surface area contributed by atoms with Crippen LogP contribution in [0.3, 0.4) is 0 Å². The van der Waals surface area contributed by atoms with Crippen LogP contribution in [0.1, 0.15) is 10.9 Å². The third-order valence-electron chi connectivity index (χ3n) is 4.33. The van der Waals surface area contributed by atoms with Crippen molar-refractivity contribution in [3.8, 4) is 5.75 Å². The van der Waals surface area contributed by atoms with Gasteiger partial charge in [0, 0.05) is 28.4 Å². The lowest BCUT2D eigenvalue weighted by Gasteiger charge is -2.25. The van der Waals surface area contributed by atoms with E-state index in [0.29, 0.717) is 10.9 Å². The molecule has 0 bridgehead atoms. The number of anilines is 1. The number of para-hydroxylation sites is 1. The fourth-order valence-electron chi connectivity index (χ4n) is 3.02. The zero-order valence-electron chi connectivity index (χ0n) is 14.6. The first-order valence-electron chi connectivity index (χ1n) is 8.37. The number of hydrazine groups is 1. The van der Waals surface area contributed by atoms with Crippen molar-refractivity contribution in [1.29, 1.82) is 0 Å². The maximum Gasteiger partial charge on any atom is 0.252 e. The summed E-state index contributed by atoms with van der Waals surface area (Å²) in [4.78, 5) is 15.7. The highest BCUT2D eigenvalue weighted by atomic mass is 32.2. The molecule has 1 aliphatic heterocycles. The molecule has 1 fully saturated rings. The molecule has 6 nitrogen and oxygen atoms in total. The Morgan fingerprint density at radius 1 is 1.26 bits per heavy atom. The average molecular weight is 399 g/mol. The largest absolute Gasteiger partial charge is 0.497 e. The zero-order valence-corrected chi connectivity index (χ0v) is 16.2. The minimum atomic E-state index is -0.149. The van der Waals surface area contributed by atoms with E-state index in [1.165, 1.54) is 0 Å². The van der Waals surface area contributed by atoms with E-state index in [-0.39, 0.29) is 11.3 Å². The van der Waals surface area contributed by atoms with Gasteiger partial charge in [0.15, 0.2) is 5.11 Å². The minimum Gasteiger partial charge on any atom is -0.497 e. The maximum absolute atomic E-state index is 12.4. The summed E-state index contributed by atoms with van der Waals surface area (Å²) in [6.07, 6.45) is 1.95. The Balaban J connectivity index is 1.50. The predicted molar refractivity (Wildman–Crippen MR) is 113 cm³/mol. The molecule has 27 heavy (non-hydrogen) atoms. The maximum atomic E-state index is 12.4. The van der Waals surface area contributed by atoms with Crippen LogP contribution in [0, 0.1) is 0 Å². The normalized spacial score (nSPS) is 16.6. The average Bonchev–Trinajstić information content (AvgIpc) is 3.26. The number of hydrogen-bond donors (Lipinski definition) is 3. The van der Waals surface area contributed by atoms with Crippen LogP contribution in [-0.2, 0) is 4.79 Å². The first-order valence-corrected chi connectivity index (χ1v) is 9.83. The van der Waals surface area contributed by atoms with Gasteiger partial charge in [0.1, 0.15) is 11.1 Å². The first-order chi connectivity index (χ1) is 13.2. The number of thioether (sulfide) groups is 1. The molecular weight excluding hydrogens is 380 g/mol. The van der Waals surface area contributed by atoms with E-state index in [4.69, 9.17) is 17.0 Å². The van der Waals surface area contributed by atoms with Crippen LogP contribution in [-0.4, -0.2) is 33.9 Å². The molecule has 2 heterocycles. The number of H-pyrrole nitrogens is 1. The Hall–Kier alpha value is -2.71. The third-order valence-corrected chi connectivity index (χ3v) is 5.71. The number of hydrogen-bond acceptors (Lipinski definition) is 4. The summed E-state index contributed by atoms with van der Waals surface area (Å²) >= 11 is 6.97. The number of aromatic nitrogens is 1. The van der Waals surface area contributed by atoms with Crippen LogP contribution in [0.15, 0.2) is 54.7 Å². The van der Waals surface area contributed by atoms with Crippen molar-refractivity contribution in [3.05, 3.63) is 60.3 Å². The number of methoxy groups -OCH3 is 1. The van der Waals surface area contributed by atoms with Crippen molar-refractivity contribution in [2.45, 2.75) is 5.37 Å². The molecule has 1 aromatic heterocycles. The van der Waals surface area contributed by atoms with Crippen LogP contribution in [0.2, 0.25) is 0 Å². The summed E-state index contributed by atoms with van der Waals surface area (Å²) < 4.78 is 5.15. The number of rotatable bonds is 4. The molecule has 0 aliphatic carbocycles. The summed E-state index contributed by atoms with van der Waals surface area (Å²) in [6, 6.07) is 15.5. The molecule has 3 N–H and O–H groups in total. The smallest absolute Gasteiger partial charge is 0.252 e. The van der Waals surface area contributed by atoms with E-state index in [9.17, 15) is 4.79 Å². The molecule has 0 saturated carbocycles. The number of thiocarbonyl (C=S) groups is 1. The van der Waals surface area contributed by atoms with Gasteiger partial charge in [-0.2, -0.15) is 0 Å². The number of benzene rings is 2. The lowest BCUT2D eigenvalue weighted by Crippen LogP contribution is -2.46. The number of carbonyl (C=O) groups excluding carboxylic acids is 1. The van der Waals surface area contributed by atoms with E-state index < -0.39 is 0 Å². The van der Waals surface area contributed by atoms with Crippen LogP contribution in [0.5, 0.6) is 5.75 Å². The van der Waals surface area contributed by atoms with Gasteiger partial charge in [0.25, 0.3) is 5.91 Å². The highest BCUT2D eigenvalue weighted by molar-refractivity contribution is 8.00. The molecule has 1 amide bonds. The summed E-state index contributed by atoms with van der Waals surface area (Å²) in [5, 5.41) is 6.01. The lowest BCUT2D eigenvalue weighted by molar-refractivity contribution is -0.129. The van der Waals surface area contributed by atoms with Gasteiger partial charge in [0.05, 0.1) is 12.9 Å². The Labute approximate surface area is 166 Å². The lowest BCUT2D eigenvalue weighted by atomic mass is 10.1. The van der Waals surface area contributed by atoms with Gasteiger partial charge in [-0.1, -0.05) is 18.2 Å². The number of carbonyl (C=O) groups is 1. The van der Waals surface area contributed by atoms with E-state index in [2.05, 4.69) is 21.8 Å². The van der Waals surface area contributed by atoms with Gasteiger partial charge in [0.2, 0.25) is 0 Å². The molecule has 1 aliphatic rings. The number of aromatic amines is 1. The van der Waals surface area contributed by atoms with Crippen LogP contribution < -0.4 is 15.5 Å². The molecule has 2 aromatic carbocycles. The summed E-state index contributed by atoms with van der Waals surface area (Å²) in [5.74, 6) is 1.17. The van der Waals surface area contributed by atoms with Crippen molar-refractivity contribution >= 4 is 51.6 Å². The molecule has 1 saturated heterocycles. The number of ether oxygens (including phenoxy) is 1. The summed E-state index contributed by atoms with van der Waals surface area (Å²) in [7, 11) is 1.62. The topological polar surface area (TPSA) is 69.4 Å². The second-order valence-electron chi connectivity index (χ2n) is 6.01. The Morgan fingerprint density at radius 2 is 2.04 bits per heavy atom. The van der Waals surface area contributed by atoms with Gasteiger partial charge in [-0.3, -0.25) is 10.2 Å². The zero-order chi connectivity index (χ0) is 18.8. The van der Waals surface area contributed by atoms with Crippen LogP contribution >= 0.6 is 24.0 Å². The number of fused-ring (bicyclic) bond motifs is 1.